The van der Waals surface area contributed by atoms with Crippen LogP contribution in [0.25, 0.3) is 0 Å². The Balaban J connectivity index is 2.25. The van der Waals surface area contributed by atoms with Crippen molar-refractivity contribution >= 4 is 10.0 Å². The zero-order valence-electron chi connectivity index (χ0n) is 11.6. The third kappa shape index (κ3) is 3.18. The van der Waals surface area contributed by atoms with E-state index in [4.69, 9.17) is 10.00 Å². The van der Waals surface area contributed by atoms with Crippen molar-refractivity contribution in [2.24, 2.45) is 0 Å². The summed E-state index contributed by atoms with van der Waals surface area (Å²) in [5.74, 6) is -0.145. The van der Waals surface area contributed by atoms with E-state index in [0.29, 0.717) is 24.3 Å². The average molecular weight is 294 g/mol. The molecule has 1 aliphatic rings. The van der Waals surface area contributed by atoms with Crippen LogP contribution >= 0.6 is 0 Å². The second kappa shape index (κ2) is 5.92. The Morgan fingerprint density at radius 1 is 1.40 bits per heavy atom. The van der Waals surface area contributed by atoms with Crippen molar-refractivity contribution < 1.29 is 13.2 Å². The van der Waals surface area contributed by atoms with Gasteiger partial charge in [-0.3, -0.25) is 0 Å². The number of ether oxygens (including phenoxy) is 1. The zero-order chi connectivity index (χ0) is 14.8. The Kier molecular flexibility index (Phi) is 4.43. The minimum absolute atomic E-state index is 0.104. The number of benzene rings is 1. The van der Waals surface area contributed by atoms with Crippen LogP contribution in [-0.4, -0.2) is 38.0 Å². The van der Waals surface area contributed by atoms with Gasteiger partial charge in [0.1, 0.15) is 0 Å². The topological polar surface area (TPSA) is 70.4 Å². The first-order valence-corrected chi connectivity index (χ1v) is 8.14. The molecule has 0 radical (unpaired) electrons. The van der Waals surface area contributed by atoms with E-state index >= 15 is 0 Å². The fourth-order valence-electron chi connectivity index (χ4n) is 2.30. The maximum atomic E-state index is 12.5. The molecule has 20 heavy (non-hydrogen) atoms. The van der Waals surface area contributed by atoms with Crippen LogP contribution in [0.4, 0.5) is 0 Å². The molecule has 0 aliphatic carbocycles. The number of nitriles is 1. The van der Waals surface area contributed by atoms with Gasteiger partial charge in [-0.05, 0) is 25.5 Å². The summed E-state index contributed by atoms with van der Waals surface area (Å²) in [5.41, 5.74) is 0.950. The highest BCUT2D eigenvalue weighted by Crippen LogP contribution is 2.20. The van der Waals surface area contributed by atoms with Crippen molar-refractivity contribution in [3.63, 3.8) is 0 Å². The van der Waals surface area contributed by atoms with Gasteiger partial charge >= 0.3 is 0 Å². The standard InChI is InChI=1S/C14H18N2O3S/c1-11-9-19-12(2)8-16(11)20(17,18)10-14-6-4-3-5-13(14)7-15/h3-6,11-12H,8-10H2,1-2H3. The molecule has 108 valence electrons. The number of nitrogens with zero attached hydrogens (tertiary/aromatic N) is 2. The van der Waals surface area contributed by atoms with E-state index < -0.39 is 10.0 Å². The first kappa shape index (κ1) is 15.0. The summed E-state index contributed by atoms with van der Waals surface area (Å²) in [6.07, 6.45) is -0.104. The lowest BCUT2D eigenvalue weighted by molar-refractivity contribution is -0.0171. The monoisotopic (exact) mass is 294 g/mol. The first-order chi connectivity index (χ1) is 9.44. The number of hydrogen-bond donors (Lipinski definition) is 0. The van der Waals surface area contributed by atoms with E-state index in [0.717, 1.165) is 0 Å². The van der Waals surface area contributed by atoms with E-state index in [1.807, 2.05) is 19.9 Å². The molecule has 0 amide bonds. The minimum Gasteiger partial charge on any atom is -0.375 e. The summed E-state index contributed by atoms with van der Waals surface area (Å²) in [6.45, 7) is 4.45. The molecule has 5 nitrogen and oxygen atoms in total. The van der Waals surface area contributed by atoms with Gasteiger partial charge in [0.25, 0.3) is 0 Å². The number of morpholine rings is 1. The van der Waals surface area contributed by atoms with Crippen LogP contribution in [0.15, 0.2) is 24.3 Å². The molecule has 1 aromatic rings. The van der Waals surface area contributed by atoms with Gasteiger partial charge < -0.3 is 4.74 Å². The predicted octanol–water partition coefficient (Wildman–Crippen LogP) is 1.50. The van der Waals surface area contributed by atoms with Crippen LogP contribution in [-0.2, 0) is 20.5 Å². The molecule has 1 aliphatic heterocycles. The molecule has 2 rings (SSSR count). The van der Waals surface area contributed by atoms with Gasteiger partial charge in [0.2, 0.25) is 10.0 Å². The van der Waals surface area contributed by atoms with E-state index in [2.05, 4.69) is 0 Å². The van der Waals surface area contributed by atoms with Gasteiger partial charge in [0.15, 0.2) is 0 Å². The summed E-state index contributed by atoms with van der Waals surface area (Å²) >= 11 is 0. The van der Waals surface area contributed by atoms with Gasteiger partial charge in [-0.1, -0.05) is 18.2 Å². The normalized spacial score (nSPS) is 24.2. The van der Waals surface area contributed by atoms with Gasteiger partial charge in [-0.15, -0.1) is 0 Å². The molecule has 0 aromatic heterocycles. The highest BCUT2D eigenvalue weighted by Gasteiger charge is 2.33. The Morgan fingerprint density at radius 3 is 2.80 bits per heavy atom. The molecule has 1 saturated heterocycles. The number of sulfonamides is 1. The lowest BCUT2D eigenvalue weighted by Gasteiger charge is -2.35. The van der Waals surface area contributed by atoms with Crippen molar-refractivity contribution in [3.05, 3.63) is 35.4 Å². The maximum Gasteiger partial charge on any atom is 0.218 e. The van der Waals surface area contributed by atoms with Gasteiger partial charge in [0.05, 0.1) is 30.1 Å². The van der Waals surface area contributed by atoms with E-state index in [9.17, 15) is 8.42 Å². The zero-order valence-corrected chi connectivity index (χ0v) is 12.4. The number of hydrogen-bond acceptors (Lipinski definition) is 4. The molecule has 6 heteroatoms. The van der Waals surface area contributed by atoms with Crippen LogP contribution in [0.1, 0.15) is 25.0 Å². The largest absolute Gasteiger partial charge is 0.375 e. The predicted molar refractivity (Wildman–Crippen MR) is 75.4 cm³/mol. The molecule has 1 fully saturated rings. The molecule has 2 unspecified atom stereocenters. The quantitative estimate of drug-likeness (QED) is 0.847. The summed E-state index contributed by atoms with van der Waals surface area (Å²) in [7, 11) is -3.45. The fourth-order valence-corrected chi connectivity index (χ4v) is 4.15. The summed E-state index contributed by atoms with van der Waals surface area (Å²) in [5, 5.41) is 9.04. The average Bonchev–Trinajstić information content (AvgIpc) is 2.41. The summed E-state index contributed by atoms with van der Waals surface area (Å²) in [6, 6.07) is 8.66. The van der Waals surface area contributed by atoms with Crippen molar-refractivity contribution in [3.8, 4) is 6.07 Å². The van der Waals surface area contributed by atoms with E-state index in [-0.39, 0.29) is 17.9 Å². The molecular formula is C14H18N2O3S. The Labute approximate surface area is 119 Å². The molecule has 2 atom stereocenters. The summed E-state index contributed by atoms with van der Waals surface area (Å²) in [4.78, 5) is 0. The smallest absolute Gasteiger partial charge is 0.218 e. The van der Waals surface area contributed by atoms with Crippen LogP contribution in [0.3, 0.4) is 0 Å². The Bertz CT molecular complexity index is 622. The molecular weight excluding hydrogens is 276 g/mol. The second-order valence-electron chi connectivity index (χ2n) is 5.09. The molecule has 0 spiro atoms. The maximum absolute atomic E-state index is 12.5. The lowest BCUT2D eigenvalue weighted by Crippen LogP contribution is -2.50. The minimum atomic E-state index is -3.45. The third-order valence-electron chi connectivity index (χ3n) is 3.38. The number of rotatable bonds is 3. The van der Waals surface area contributed by atoms with Crippen molar-refractivity contribution in [2.45, 2.75) is 31.7 Å². The summed E-state index contributed by atoms with van der Waals surface area (Å²) < 4.78 is 32.0. The third-order valence-corrected chi connectivity index (χ3v) is 5.28. The Morgan fingerprint density at radius 2 is 2.10 bits per heavy atom. The van der Waals surface area contributed by atoms with Crippen molar-refractivity contribution in [1.82, 2.24) is 4.31 Å². The van der Waals surface area contributed by atoms with Crippen LogP contribution in [0, 0.1) is 11.3 Å². The van der Waals surface area contributed by atoms with Crippen LogP contribution < -0.4 is 0 Å². The van der Waals surface area contributed by atoms with Gasteiger partial charge in [0, 0.05) is 12.6 Å². The van der Waals surface area contributed by atoms with Crippen molar-refractivity contribution in [2.75, 3.05) is 13.2 Å². The van der Waals surface area contributed by atoms with Crippen molar-refractivity contribution in [1.29, 1.82) is 5.26 Å². The van der Waals surface area contributed by atoms with Crippen LogP contribution in [0.2, 0.25) is 0 Å². The van der Waals surface area contributed by atoms with Crippen LogP contribution in [0.5, 0.6) is 0 Å². The van der Waals surface area contributed by atoms with Gasteiger partial charge in [-0.2, -0.15) is 9.57 Å². The van der Waals surface area contributed by atoms with Gasteiger partial charge in [-0.25, -0.2) is 8.42 Å². The highest BCUT2D eigenvalue weighted by molar-refractivity contribution is 7.88. The second-order valence-corrected chi connectivity index (χ2v) is 7.01. The van der Waals surface area contributed by atoms with E-state index in [1.165, 1.54) is 4.31 Å². The molecule has 0 saturated carbocycles. The molecule has 0 N–H and O–H groups in total. The SMILES string of the molecule is CC1CN(S(=O)(=O)Cc2ccccc2C#N)C(C)CO1. The fraction of sp³-hybridized carbons (Fsp3) is 0.500. The Hall–Kier alpha value is -1.42. The highest BCUT2D eigenvalue weighted by atomic mass is 32.2. The molecule has 1 aromatic carbocycles. The van der Waals surface area contributed by atoms with E-state index in [1.54, 1.807) is 24.3 Å². The molecule has 0 bridgehead atoms. The lowest BCUT2D eigenvalue weighted by atomic mass is 10.1. The first-order valence-electron chi connectivity index (χ1n) is 6.53. The molecule has 1 heterocycles.